The number of halogens is 3. The summed E-state index contributed by atoms with van der Waals surface area (Å²) in [6, 6.07) is 18.8. The van der Waals surface area contributed by atoms with Crippen LogP contribution < -0.4 is 4.90 Å². The van der Waals surface area contributed by atoms with Gasteiger partial charge in [0.25, 0.3) is 0 Å². The van der Waals surface area contributed by atoms with Crippen LogP contribution in [0.2, 0.25) is 15.1 Å². The van der Waals surface area contributed by atoms with E-state index in [4.69, 9.17) is 34.8 Å². The number of benzene rings is 3. The van der Waals surface area contributed by atoms with Crippen molar-refractivity contribution in [2.24, 2.45) is 0 Å². The van der Waals surface area contributed by atoms with Crippen LogP contribution in [0, 0.1) is 6.92 Å². The zero-order valence-corrected chi connectivity index (χ0v) is 22.8. The first-order valence-corrected chi connectivity index (χ1v) is 14.0. The molecule has 3 aromatic carbocycles. The maximum Gasteiger partial charge on any atom is 0.243 e. The third kappa shape index (κ3) is 6.15. The second kappa shape index (κ2) is 11.4. The van der Waals surface area contributed by atoms with Gasteiger partial charge in [0.2, 0.25) is 15.9 Å². The maximum absolute atomic E-state index is 13.5. The molecule has 0 bridgehead atoms. The fourth-order valence-corrected chi connectivity index (χ4v) is 6.07. The SMILES string of the molecule is Cc1ccc(Cl)cc1N1CCN(C(=O)CN(Cc2ccc(Cl)c(Cl)c2)S(=O)(=O)c2ccccc2)CC1. The van der Waals surface area contributed by atoms with Crippen LogP contribution in [0.25, 0.3) is 0 Å². The Morgan fingerprint density at radius 2 is 1.58 bits per heavy atom. The van der Waals surface area contributed by atoms with Crippen LogP contribution in [-0.2, 0) is 21.4 Å². The van der Waals surface area contributed by atoms with Crippen LogP contribution in [0.3, 0.4) is 0 Å². The lowest BCUT2D eigenvalue weighted by Gasteiger charge is -2.37. The molecule has 3 aromatic rings. The zero-order valence-electron chi connectivity index (χ0n) is 19.7. The summed E-state index contributed by atoms with van der Waals surface area (Å²) < 4.78 is 28.2. The van der Waals surface area contributed by atoms with E-state index < -0.39 is 10.0 Å². The minimum atomic E-state index is -3.94. The number of hydrogen-bond donors (Lipinski definition) is 0. The van der Waals surface area contributed by atoms with Gasteiger partial charge in [-0.2, -0.15) is 4.31 Å². The van der Waals surface area contributed by atoms with E-state index in [0.29, 0.717) is 46.8 Å². The zero-order chi connectivity index (χ0) is 25.9. The van der Waals surface area contributed by atoms with Crippen LogP contribution in [-0.4, -0.2) is 56.3 Å². The molecule has 1 aliphatic rings. The van der Waals surface area contributed by atoms with Gasteiger partial charge in [-0.3, -0.25) is 4.79 Å². The number of aryl methyl sites for hydroxylation is 1. The van der Waals surface area contributed by atoms with Gasteiger partial charge in [0.1, 0.15) is 0 Å². The summed E-state index contributed by atoms with van der Waals surface area (Å²) in [6.45, 7) is 3.96. The number of hydrogen-bond acceptors (Lipinski definition) is 4. The van der Waals surface area contributed by atoms with Crippen molar-refractivity contribution in [1.29, 1.82) is 0 Å². The molecule has 6 nitrogen and oxygen atoms in total. The van der Waals surface area contributed by atoms with Gasteiger partial charge in [-0.1, -0.05) is 65.1 Å². The molecule has 0 aromatic heterocycles. The van der Waals surface area contributed by atoms with E-state index in [2.05, 4.69) is 4.90 Å². The lowest BCUT2D eigenvalue weighted by atomic mass is 10.1. The van der Waals surface area contributed by atoms with Crippen molar-refractivity contribution in [1.82, 2.24) is 9.21 Å². The molecule has 0 radical (unpaired) electrons. The third-order valence-electron chi connectivity index (χ3n) is 6.18. The van der Waals surface area contributed by atoms with Gasteiger partial charge in [0.05, 0.1) is 21.5 Å². The average Bonchev–Trinajstić information content (AvgIpc) is 2.88. The smallest absolute Gasteiger partial charge is 0.243 e. The van der Waals surface area contributed by atoms with Crippen molar-refractivity contribution in [2.75, 3.05) is 37.6 Å². The molecule has 1 amide bonds. The van der Waals surface area contributed by atoms with Crippen molar-refractivity contribution < 1.29 is 13.2 Å². The van der Waals surface area contributed by atoms with Gasteiger partial charge in [0, 0.05) is 43.4 Å². The minimum Gasteiger partial charge on any atom is -0.368 e. The average molecular weight is 567 g/mol. The number of anilines is 1. The number of sulfonamides is 1. The number of amides is 1. The van der Waals surface area contributed by atoms with Gasteiger partial charge in [-0.25, -0.2) is 8.42 Å². The van der Waals surface area contributed by atoms with Crippen LogP contribution >= 0.6 is 34.8 Å². The minimum absolute atomic E-state index is 0.0124. The topological polar surface area (TPSA) is 60.9 Å². The number of carbonyl (C=O) groups excluding carboxylic acids is 1. The van der Waals surface area contributed by atoms with E-state index in [1.54, 1.807) is 41.3 Å². The van der Waals surface area contributed by atoms with Crippen LogP contribution in [0.5, 0.6) is 0 Å². The highest BCUT2D eigenvalue weighted by atomic mass is 35.5. The summed E-state index contributed by atoms with van der Waals surface area (Å²) in [5, 5.41) is 1.37. The highest BCUT2D eigenvalue weighted by Gasteiger charge is 2.30. The summed E-state index contributed by atoms with van der Waals surface area (Å²) in [5.41, 5.74) is 2.79. The first-order valence-electron chi connectivity index (χ1n) is 11.4. The molecule has 1 fully saturated rings. The summed E-state index contributed by atoms with van der Waals surface area (Å²) in [7, 11) is -3.94. The molecule has 0 aliphatic carbocycles. The van der Waals surface area contributed by atoms with Gasteiger partial charge < -0.3 is 9.80 Å². The Bertz CT molecular complexity index is 1350. The van der Waals surface area contributed by atoms with Crippen molar-refractivity contribution in [3.05, 3.63) is 92.9 Å². The van der Waals surface area contributed by atoms with E-state index in [1.165, 1.54) is 16.4 Å². The fraction of sp³-hybridized carbons (Fsp3) is 0.269. The predicted octanol–water partition coefficient (Wildman–Crippen LogP) is 5.49. The predicted molar refractivity (Wildman–Crippen MR) is 145 cm³/mol. The standard InChI is InChI=1S/C26H26Cl3N3O3S/c1-19-7-9-21(27)16-25(19)30-11-13-31(14-12-30)26(33)18-32(17-20-8-10-23(28)24(29)15-20)36(34,35)22-5-3-2-4-6-22/h2-10,15-16H,11-14,17-18H2,1H3. The highest BCUT2D eigenvalue weighted by Crippen LogP contribution is 2.27. The van der Waals surface area contributed by atoms with Crippen molar-refractivity contribution >= 4 is 56.4 Å². The molecule has 0 atom stereocenters. The fourth-order valence-electron chi connectivity index (χ4n) is 4.18. The van der Waals surface area contributed by atoms with Crippen LogP contribution in [0.1, 0.15) is 11.1 Å². The van der Waals surface area contributed by atoms with Crippen molar-refractivity contribution in [2.45, 2.75) is 18.4 Å². The molecule has 4 rings (SSSR count). The highest BCUT2D eigenvalue weighted by molar-refractivity contribution is 7.89. The molecule has 10 heteroatoms. The monoisotopic (exact) mass is 565 g/mol. The van der Waals surface area contributed by atoms with Gasteiger partial charge in [-0.15, -0.1) is 0 Å². The molecule has 0 saturated carbocycles. The van der Waals surface area contributed by atoms with E-state index in [0.717, 1.165) is 11.3 Å². The van der Waals surface area contributed by atoms with Gasteiger partial charge >= 0.3 is 0 Å². The van der Waals surface area contributed by atoms with E-state index in [1.807, 2.05) is 25.1 Å². The molecule has 1 saturated heterocycles. The summed E-state index contributed by atoms with van der Waals surface area (Å²) >= 11 is 18.4. The number of carbonyl (C=O) groups is 1. The molecular weight excluding hydrogens is 541 g/mol. The quantitative estimate of drug-likeness (QED) is 0.379. The first-order chi connectivity index (χ1) is 17.1. The van der Waals surface area contributed by atoms with E-state index in [9.17, 15) is 13.2 Å². The van der Waals surface area contributed by atoms with E-state index in [-0.39, 0.29) is 23.9 Å². The second-order valence-corrected chi connectivity index (χ2v) is 11.8. The van der Waals surface area contributed by atoms with Crippen LogP contribution in [0.15, 0.2) is 71.6 Å². The summed E-state index contributed by atoms with van der Waals surface area (Å²) in [4.78, 5) is 17.3. The van der Waals surface area contributed by atoms with Gasteiger partial charge in [-0.05, 0) is 54.4 Å². The number of rotatable bonds is 7. The van der Waals surface area contributed by atoms with Crippen molar-refractivity contribution in [3.8, 4) is 0 Å². The van der Waals surface area contributed by atoms with Crippen molar-refractivity contribution in [3.63, 3.8) is 0 Å². The Kier molecular flexibility index (Phi) is 8.48. The Morgan fingerprint density at radius 1 is 0.889 bits per heavy atom. The lowest BCUT2D eigenvalue weighted by Crippen LogP contribution is -2.51. The van der Waals surface area contributed by atoms with Gasteiger partial charge in [0.15, 0.2) is 0 Å². The number of piperazine rings is 1. The molecule has 0 unspecified atom stereocenters. The first kappa shape index (κ1) is 26.8. The largest absolute Gasteiger partial charge is 0.368 e. The molecule has 36 heavy (non-hydrogen) atoms. The Labute approximate surface area is 227 Å². The summed E-state index contributed by atoms with van der Waals surface area (Å²) in [5.74, 6) is -0.253. The normalized spacial score (nSPS) is 14.4. The third-order valence-corrected chi connectivity index (χ3v) is 8.96. The van der Waals surface area contributed by atoms with E-state index >= 15 is 0 Å². The summed E-state index contributed by atoms with van der Waals surface area (Å²) in [6.07, 6.45) is 0. The molecule has 0 spiro atoms. The molecule has 190 valence electrons. The second-order valence-electron chi connectivity index (χ2n) is 8.63. The number of nitrogens with zero attached hydrogens (tertiary/aromatic N) is 3. The molecular formula is C26H26Cl3N3O3S. The lowest BCUT2D eigenvalue weighted by molar-refractivity contribution is -0.131. The molecule has 1 heterocycles. The molecule has 1 aliphatic heterocycles. The molecule has 0 N–H and O–H groups in total. The van der Waals surface area contributed by atoms with Crippen LogP contribution in [0.4, 0.5) is 5.69 Å². The Hall–Kier alpha value is -2.29. The Morgan fingerprint density at radius 3 is 2.25 bits per heavy atom. The Balaban J connectivity index is 1.51. The maximum atomic E-state index is 13.5.